The summed E-state index contributed by atoms with van der Waals surface area (Å²) in [6, 6.07) is 3.89. The van der Waals surface area contributed by atoms with Crippen molar-refractivity contribution in [3.8, 4) is 11.9 Å². The monoisotopic (exact) mass is 410 g/mol. The van der Waals surface area contributed by atoms with E-state index in [9.17, 15) is 10.1 Å². The van der Waals surface area contributed by atoms with Crippen molar-refractivity contribution in [3.05, 3.63) is 33.4 Å². The molecule has 0 aliphatic carbocycles. The van der Waals surface area contributed by atoms with E-state index in [1.54, 1.807) is 0 Å². The summed E-state index contributed by atoms with van der Waals surface area (Å²) in [5.74, 6) is 0.325. The van der Waals surface area contributed by atoms with Crippen LogP contribution in [0.4, 0.5) is 11.5 Å². The number of rotatable bonds is 6. The molecule has 2 N–H and O–H groups in total. The lowest BCUT2D eigenvalue weighted by Gasteiger charge is -2.15. The van der Waals surface area contributed by atoms with E-state index in [0.29, 0.717) is 23.3 Å². The van der Waals surface area contributed by atoms with Crippen LogP contribution in [0.25, 0.3) is 5.65 Å². The average molecular weight is 410 g/mol. The van der Waals surface area contributed by atoms with Crippen LogP contribution in [0.2, 0.25) is 0 Å². The third kappa shape index (κ3) is 3.96. The van der Waals surface area contributed by atoms with Crippen molar-refractivity contribution >= 4 is 17.2 Å². The number of nitrogens with zero attached hydrogens (tertiary/aromatic N) is 6. The van der Waals surface area contributed by atoms with Crippen LogP contribution in [0.5, 0.6) is 5.88 Å². The van der Waals surface area contributed by atoms with E-state index in [-0.39, 0.29) is 28.9 Å². The van der Waals surface area contributed by atoms with Gasteiger partial charge in [0, 0.05) is 11.5 Å². The van der Waals surface area contributed by atoms with Gasteiger partial charge in [0.1, 0.15) is 17.3 Å². The van der Waals surface area contributed by atoms with E-state index in [0.717, 1.165) is 12.1 Å². The smallest absolute Gasteiger partial charge is 0.283 e. The van der Waals surface area contributed by atoms with Gasteiger partial charge in [0.2, 0.25) is 11.5 Å². The summed E-state index contributed by atoms with van der Waals surface area (Å²) in [7, 11) is 0. The number of nitriles is 1. The Morgan fingerprint density at radius 3 is 2.67 bits per heavy atom. The quantitative estimate of drug-likeness (QED) is 0.590. The normalized spacial score (nSPS) is 13.1. The Kier molecular flexibility index (Phi) is 5.73. The number of hydrogen-bond acceptors (Lipinski definition) is 7. The molecule has 0 amide bonds. The number of aromatic amines is 2. The van der Waals surface area contributed by atoms with Gasteiger partial charge in [-0.1, -0.05) is 34.6 Å². The number of hydrogen-bond donors (Lipinski definition) is 2. The summed E-state index contributed by atoms with van der Waals surface area (Å²) in [5.41, 5.74) is 1.56. The number of azo groups is 1. The fourth-order valence-corrected chi connectivity index (χ4v) is 2.74. The van der Waals surface area contributed by atoms with Crippen LogP contribution < -0.4 is 10.3 Å². The molecule has 3 aromatic heterocycles. The maximum atomic E-state index is 12.8. The van der Waals surface area contributed by atoms with Crippen molar-refractivity contribution in [2.24, 2.45) is 10.2 Å². The molecule has 1 unspecified atom stereocenters. The van der Waals surface area contributed by atoms with Gasteiger partial charge in [-0.3, -0.25) is 9.89 Å². The molecular weight excluding hydrogens is 384 g/mol. The molecule has 30 heavy (non-hydrogen) atoms. The lowest BCUT2D eigenvalue weighted by Crippen LogP contribution is -2.18. The Morgan fingerprint density at radius 2 is 2.07 bits per heavy atom. The van der Waals surface area contributed by atoms with Crippen LogP contribution >= 0.6 is 0 Å². The summed E-state index contributed by atoms with van der Waals surface area (Å²) in [6.07, 6.45) is 1.16. The summed E-state index contributed by atoms with van der Waals surface area (Å²) < 4.78 is 7.56. The fourth-order valence-electron chi connectivity index (χ4n) is 2.74. The van der Waals surface area contributed by atoms with Crippen LogP contribution in [-0.4, -0.2) is 30.9 Å². The van der Waals surface area contributed by atoms with Gasteiger partial charge in [0.25, 0.3) is 11.4 Å². The van der Waals surface area contributed by atoms with Gasteiger partial charge in [-0.15, -0.1) is 10.2 Å². The summed E-state index contributed by atoms with van der Waals surface area (Å²) >= 11 is 0. The lowest BCUT2D eigenvalue weighted by molar-refractivity contribution is 0.203. The Balaban J connectivity index is 2.19. The zero-order valence-corrected chi connectivity index (χ0v) is 18.1. The molecular formula is C20H26N8O2. The van der Waals surface area contributed by atoms with Gasteiger partial charge in [-0.2, -0.15) is 20.0 Å². The second kappa shape index (κ2) is 8.10. The minimum absolute atomic E-state index is 0.0312. The zero-order valence-electron chi connectivity index (χ0n) is 18.1. The predicted octanol–water partition coefficient (Wildman–Crippen LogP) is 4.07. The molecule has 0 saturated heterocycles. The number of aryl methyl sites for hydroxylation is 1. The predicted molar refractivity (Wildman–Crippen MR) is 112 cm³/mol. The Bertz CT molecular complexity index is 1190. The van der Waals surface area contributed by atoms with Gasteiger partial charge < -0.3 is 9.72 Å². The van der Waals surface area contributed by atoms with Crippen LogP contribution in [0, 0.1) is 11.3 Å². The highest BCUT2D eigenvalue weighted by molar-refractivity contribution is 5.55. The highest BCUT2D eigenvalue weighted by Gasteiger charge is 2.23. The largest absolute Gasteiger partial charge is 0.473 e. The Labute approximate surface area is 174 Å². The number of ether oxygens (including phenoxy) is 1. The maximum absolute atomic E-state index is 12.8. The van der Waals surface area contributed by atoms with Gasteiger partial charge in [0.15, 0.2) is 0 Å². The molecule has 0 aromatic carbocycles. The third-order valence-electron chi connectivity index (χ3n) is 4.75. The van der Waals surface area contributed by atoms with Gasteiger partial charge >= 0.3 is 0 Å². The molecule has 158 valence electrons. The standard InChI is InChI=1S/C20H26N8O2/c1-7-11(3)30-19-16(24-26-17-12(10-21)13(8-2)23-25-17)18(29)22-15-9-14(20(4,5)6)27-28(15)19/h9,11H,7-8H2,1-6H3,(H,22,29)(H,23,25). The first-order valence-electron chi connectivity index (χ1n) is 9.91. The van der Waals surface area contributed by atoms with Gasteiger partial charge in [0.05, 0.1) is 17.5 Å². The van der Waals surface area contributed by atoms with Crippen molar-refractivity contribution in [1.82, 2.24) is 24.8 Å². The molecule has 0 spiro atoms. The SMILES string of the molecule is CCc1[nH]nc(N=Nc2c(OC(C)CC)n3nc(C(C)(C)C)cc3[nH]c2=O)c1C#N. The van der Waals surface area contributed by atoms with Crippen molar-refractivity contribution in [2.45, 2.75) is 65.9 Å². The lowest BCUT2D eigenvalue weighted by atomic mass is 9.93. The van der Waals surface area contributed by atoms with Crippen LogP contribution in [0.1, 0.15) is 64.9 Å². The highest BCUT2D eigenvalue weighted by Crippen LogP contribution is 2.30. The molecule has 10 nitrogen and oxygen atoms in total. The molecule has 3 aromatic rings. The minimum atomic E-state index is -0.463. The maximum Gasteiger partial charge on any atom is 0.283 e. The number of H-pyrrole nitrogens is 2. The zero-order chi connectivity index (χ0) is 22.1. The molecule has 3 heterocycles. The van der Waals surface area contributed by atoms with Crippen LogP contribution in [0.3, 0.4) is 0 Å². The average Bonchev–Trinajstić information content (AvgIpc) is 3.30. The minimum Gasteiger partial charge on any atom is -0.473 e. The van der Waals surface area contributed by atoms with E-state index >= 15 is 0 Å². The summed E-state index contributed by atoms with van der Waals surface area (Å²) in [6.45, 7) is 11.9. The number of nitrogens with one attached hydrogen (secondary N) is 2. The molecule has 0 saturated carbocycles. The third-order valence-corrected chi connectivity index (χ3v) is 4.75. The van der Waals surface area contributed by atoms with Crippen LogP contribution in [0.15, 0.2) is 21.1 Å². The van der Waals surface area contributed by atoms with E-state index in [4.69, 9.17) is 4.74 Å². The second-order valence-electron chi connectivity index (χ2n) is 8.09. The second-order valence-corrected chi connectivity index (χ2v) is 8.09. The molecule has 0 aliphatic heterocycles. The first-order chi connectivity index (χ1) is 14.2. The summed E-state index contributed by atoms with van der Waals surface area (Å²) in [5, 5.41) is 29.0. The van der Waals surface area contributed by atoms with Crippen molar-refractivity contribution in [2.75, 3.05) is 0 Å². The molecule has 0 fully saturated rings. The Hall–Kier alpha value is -3.48. The van der Waals surface area contributed by atoms with Gasteiger partial charge in [-0.05, 0) is 19.8 Å². The summed E-state index contributed by atoms with van der Waals surface area (Å²) in [4.78, 5) is 15.6. The number of fused-ring (bicyclic) bond motifs is 1. The topological polar surface area (TPSA) is 137 Å². The number of aromatic nitrogens is 5. The molecule has 0 bridgehead atoms. The molecule has 0 radical (unpaired) electrons. The van der Waals surface area contributed by atoms with E-state index in [1.807, 2.05) is 47.6 Å². The Morgan fingerprint density at radius 1 is 1.33 bits per heavy atom. The van der Waals surface area contributed by atoms with E-state index in [1.165, 1.54) is 4.52 Å². The molecule has 0 aliphatic rings. The van der Waals surface area contributed by atoms with Crippen molar-refractivity contribution in [1.29, 1.82) is 5.26 Å². The molecule has 10 heteroatoms. The van der Waals surface area contributed by atoms with Crippen molar-refractivity contribution < 1.29 is 4.74 Å². The molecule has 3 rings (SSSR count). The van der Waals surface area contributed by atoms with Crippen LogP contribution in [-0.2, 0) is 11.8 Å². The molecule has 1 atom stereocenters. The van der Waals surface area contributed by atoms with Crippen molar-refractivity contribution in [3.63, 3.8) is 0 Å². The van der Waals surface area contributed by atoms with E-state index in [2.05, 4.69) is 36.6 Å². The fraction of sp³-hybridized carbons (Fsp3) is 0.500. The first kappa shape index (κ1) is 21.2. The van der Waals surface area contributed by atoms with Gasteiger partial charge in [-0.25, -0.2) is 0 Å². The highest BCUT2D eigenvalue weighted by atomic mass is 16.5. The van der Waals surface area contributed by atoms with E-state index < -0.39 is 5.56 Å². The first-order valence-corrected chi connectivity index (χ1v) is 9.91.